The largest absolute Gasteiger partial charge is 0.378 e. The van der Waals surface area contributed by atoms with Crippen molar-refractivity contribution in [3.8, 4) is 0 Å². The molecular formula is C18H36N2O. The highest BCUT2D eigenvalue weighted by molar-refractivity contribution is 4.83. The maximum atomic E-state index is 6.01. The van der Waals surface area contributed by atoms with E-state index < -0.39 is 0 Å². The first kappa shape index (κ1) is 17.2. The molecule has 0 bridgehead atoms. The van der Waals surface area contributed by atoms with Gasteiger partial charge in [-0.1, -0.05) is 27.7 Å². The Labute approximate surface area is 132 Å². The third-order valence-electron chi connectivity index (χ3n) is 4.86. The first-order chi connectivity index (χ1) is 10.0. The van der Waals surface area contributed by atoms with Gasteiger partial charge in [0.2, 0.25) is 0 Å². The van der Waals surface area contributed by atoms with Crippen molar-refractivity contribution in [2.24, 2.45) is 11.8 Å². The summed E-state index contributed by atoms with van der Waals surface area (Å²) in [6.07, 6.45) is 5.75. The van der Waals surface area contributed by atoms with E-state index in [0.29, 0.717) is 12.0 Å². The van der Waals surface area contributed by atoms with Crippen molar-refractivity contribution < 1.29 is 4.74 Å². The number of nitrogens with zero attached hydrogens (tertiary/aromatic N) is 2. The first-order valence-corrected chi connectivity index (χ1v) is 9.12. The zero-order chi connectivity index (χ0) is 15.2. The van der Waals surface area contributed by atoms with E-state index >= 15 is 0 Å². The Morgan fingerprint density at radius 2 is 1.48 bits per heavy atom. The van der Waals surface area contributed by atoms with Crippen molar-refractivity contribution in [3.63, 3.8) is 0 Å². The molecule has 1 aliphatic heterocycles. The highest BCUT2D eigenvalue weighted by atomic mass is 16.5. The van der Waals surface area contributed by atoms with Gasteiger partial charge in [0.25, 0.3) is 0 Å². The predicted octanol–water partition coefficient (Wildman–Crippen LogP) is 3.24. The molecule has 1 saturated heterocycles. The summed E-state index contributed by atoms with van der Waals surface area (Å²) in [7, 11) is 0. The summed E-state index contributed by atoms with van der Waals surface area (Å²) in [6.45, 7) is 16.4. The Balaban J connectivity index is 1.64. The van der Waals surface area contributed by atoms with E-state index in [1.807, 2.05) is 0 Å². The Morgan fingerprint density at radius 1 is 0.857 bits per heavy atom. The molecule has 3 nitrogen and oxygen atoms in total. The molecular weight excluding hydrogens is 260 g/mol. The molecule has 0 aromatic carbocycles. The molecule has 0 unspecified atom stereocenters. The molecule has 0 amide bonds. The van der Waals surface area contributed by atoms with Crippen LogP contribution < -0.4 is 0 Å². The predicted molar refractivity (Wildman–Crippen MR) is 89.7 cm³/mol. The van der Waals surface area contributed by atoms with Crippen LogP contribution >= 0.6 is 0 Å². The third-order valence-corrected chi connectivity index (χ3v) is 4.86. The van der Waals surface area contributed by atoms with Gasteiger partial charge < -0.3 is 9.64 Å². The molecule has 0 atom stereocenters. The molecule has 0 radical (unpaired) electrons. The molecule has 1 heterocycles. The Bertz CT molecular complexity index is 277. The molecule has 0 aromatic rings. The van der Waals surface area contributed by atoms with Crippen LogP contribution in [0.3, 0.4) is 0 Å². The Hall–Kier alpha value is -0.120. The molecule has 124 valence electrons. The van der Waals surface area contributed by atoms with Gasteiger partial charge in [-0.2, -0.15) is 0 Å². The monoisotopic (exact) mass is 296 g/mol. The smallest absolute Gasteiger partial charge is 0.0576 e. The van der Waals surface area contributed by atoms with Gasteiger partial charge in [-0.05, 0) is 37.5 Å². The highest BCUT2D eigenvalue weighted by Gasteiger charge is 2.28. The fourth-order valence-corrected chi connectivity index (χ4v) is 3.73. The number of rotatable bonds is 6. The fourth-order valence-electron chi connectivity index (χ4n) is 3.73. The van der Waals surface area contributed by atoms with E-state index in [1.54, 1.807) is 0 Å². The van der Waals surface area contributed by atoms with E-state index in [0.717, 1.165) is 18.6 Å². The third kappa shape index (κ3) is 5.88. The van der Waals surface area contributed by atoms with Gasteiger partial charge in [-0.3, -0.25) is 4.90 Å². The Morgan fingerprint density at radius 3 is 2.00 bits per heavy atom. The maximum Gasteiger partial charge on any atom is 0.0576 e. The van der Waals surface area contributed by atoms with Crippen LogP contribution in [0.1, 0.15) is 53.4 Å². The van der Waals surface area contributed by atoms with Gasteiger partial charge in [0.15, 0.2) is 0 Å². The minimum atomic E-state index is 0.533. The second-order valence-corrected chi connectivity index (χ2v) is 7.89. The maximum absolute atomic E-state index is 6.01. The zero-order valence-corrected chi connectivity index (χ0v) is 14.7. The molecule has 21 heavy (non-hydrogen) atoms. The number of hydrogen-bond donors (Lipinski definition) is 0. The molecule has 1 aliphatic carbocycles. The van der Waals surface area contributed by atoms with Crippen molar-refractivity contribution >= 4 is 0 Å². The molecule has 0 N–H and O–H groups in total. The molecule has 1 saturated carbocycles. The average molecular weight is 296 g/mol. The van der Waals surface area contributed by atoms with E-state index in [-0.39, 0.29) is 0 Å². The van der Waals surface area contributed by atoms with Crippen molar-refractivity contribution in [2.45, 2.75) is 65.5 Å². The van der Waals surface area contributed by atoms with Crippen LogP contribution in [0.25, 0.3) is 0 Å². The summed E-state index contributed by atoms with van der Waals surface area (Å²) in [5.41, 5.74) is 0. The van der Waals surface area contributed by atoms with Crippen molar-refractivity contribution in [2.75, 3.05) is 39.3 Å². The zero-order valence-electron chi connectivity index (χ0n) is 14.7. The second kappa shape index (κ2) is 8.50. The van der Waals surface area contributed by atoms with Crippen LogP contribution in [0.2, 0.25) is 0 Å². The standard InChI is InChI=1S/C18H36N2O/c1-15(2)13-19-9-11-20(12-10-19)17-5-7-18(8-6-17)21-14-16(3)4/h15-18H,5-14H2,1-4H3. The van der Waals surface area contributed by atoms with Gasteiger partial charge in [0, 0.05) is 45.4 Å². The van der Waals surface area contributed by atoms with E-state index in [1.165, 1.54) is 58.4 Å². The molecule has 2 fully saturated rings. The topological polar surface area (TPSA) is 15.7 Å². The van der Waals surface area contributed by atoms with Crippen LogP contribution in [0.4, 0.5) is 0 Å². The van der Waals surface area contributed by atoms with E-state index in [9.17, 15) is 0 Å². The lowest BCUT2D eigenvalue weighted by Crippen LogP contribution is -2.52. The van der Waals surface area contributed by atoms with Gasteiger partial charge in [-0.15, -0.1) is 0 Å². The molecule has 3 heteroatoms. The number of piperazine rings is 1. The minimum absolute atomic E-state index is 0.533. The lowest BCUT2D eigenvalue weighted by molar-refractivity contribution is -0.0114. The summed E-state index contributed by atoms with van der Waals surface area (Å²) in [6, 6.07) is 0.824. The fraction of sp³-hybridized carbons (Fsp3) is 1.00. The van der Waals surface area contributed by atoms with Crippen molar-refractivity contribution in [3.05, 3.63) is 0 Å². The Kier molecular flexibility index (Phi) is 6.97. The quantitative estimate of drug-likeness (QED) is 0.748. The normalized spacial score (nSPS) is 29.4. The summed E-state index contributed by atoms with van der Waals surface area (Å²) in [5, 5.41) is 0. The minimum Gasteiger partial charge on any atom is -0.378 e. The molecule has 0 spiro atoms. The summed E-state index contributed by atoms with van der Waals surface area (Å²) >= 11 is 0. The lowest BCUT2D eigenvalue weighted by Gasteiger charge is -2.42. The first-order valence-electron chi connectivity index (χ1n) is 9.12. The van der Waals surface area contributed by atoms with Gasteiger partial charge in [0.1, 0.15) is 0 Å². The van der Waals surface area contributed by atoms with Crippen LogP contribution in [0.15, 0.2) is 0 Å². The van der Waals surface area contributed by atoms with Crippen LogP contribution in [-0.2, 0) is 4.74 Å². The highest BCUT2D eigenvalue weighted by Crippen LogP contribution is 2.26. The summed E-state index contributed by atoms with van der Waals surface area (Å²) in [4.78, 5) is 5.38. The van der Waals surface area contributed by atoms with Crippen LogP contribution in [0, 0.1) is 11.8 Å². The lowest BCUT2D eigenvalue weighted by atomic mass is 9.91. The SMILES string of the molecule is CC(C)COC1CCC(N2CCN(CC(C)C)CC2)CC1. The molecule has 2 aliphatic rings. The van der Waals surface area contributed by atoms with Crippen molar-refractivity contribution in [1.82, 2.24) is 9.80 Å². The summed E-state index contributed by atoms with van der Waals surface area (Å²) in [5.74, 6) is 1.46. The van der Waals surface area contributed by atoms with Gasteiger partial charge in [0.05, 0.1) is 6.10 Å². The average Bonchev–Trinajstić information content (AvgIpc) is 2.46. The van der Waals surface area contributed by atoms with Crippen LogP contribution in [0.5, 0.6) is 0 Å². The van der Waals surface area contributed by atoms with Gasteiger partial charge >= 0.3 is 0 Å². The summed E-state index contributed by atoms with van der Waals surface area (Å²) < 4.78 is 6.01. The molecule has 2 rings (SSSR count). The van der Waals surface area contributed by atoms with E-state index in [4.69, 9.17) is 4.74 Å². The van der Waals surface area contributed by atoms with Crippen molar-refractivity contribution in [1.29, 1.82) is 0 Å². The second-order valence-electron chi connectivity index (χ2n) is 7.89. The number of hydrogen-bond acceptors (Lipinski definition) is 3. The van der Waals surface area contributed by atoms with Gasteiger partial charge in [-0.25, -0.2) is 0 Å². The van der Waals surface area contributed by atoms with Crippen LogP contribution in [-0.4, -0.2) is 61.3 Å². The van der Waals surface area contributed by atoms with E-state index in [2.05, 4.69) is 37.5 Å². The molecule has 0 aromatic heterocycles. The number of ether oxygens (including phenoxy) is 1.